The van der Waals surface area contributed by atoms with Gasteiger partial charge in [-0.3, -0.25) is 4.79 Å². The number of para-hydroxylation sites is 1. The summed E-state index contributed by atoms with van der Waals surface area (Å²) in [6, 6.07) is 7.61. The molecule has 0 bridgehead atoms. The number of benzene rings is 1. The molecule has 1 aliphatic carbocycles. The van der Waals surface area contributed by atoms with Crippen LogP contribution in [0.25, 0.3) is 5.69 Å². The fraction of sp³-hybridized carbons (Fsp3) is 0.438. The van der Waals surface area contributed by atoms with Crippen LogP contribution in [0.2, 0.25) is 5.02 Å². The average Bonchev–Trinajstić information content (AvgIpc) is 3.29. The summed E-state index contributed by atoms with van der Waals surface area (Å²) in [7, 11) is 1.82. The maximum atomic E-state index is 12.6. The second-order valence-electron chi connectivity index (χ2n) is 5.84. The molecule has 0 unspecified atom stereocenters. The number of halogens is 1. The van der Waals surface area contributed by atoms with Gasteiger partial charge >= 0.3 is 0 Å². The summed E-state index contributed by atoms with van der Waals surface area (Å²) in [6.45, 7) is 3.89. The van der Waals surface area contributed by atoms with Gasteiger partial charge in [0, 0.05) is 13.1 Å². The van der Waals surface area contributed by atoms with Crippen LogP contribution in [0.3, 0.4) is 0 Å². The molecule has 0 spiro atoms. The Labute approximate surface area is 134 Å². The van der Waals surface area contributed by atoms with Crippen molar-refractivity contribution in [2.24, 2.45) is 5.92 Å². The third-order valence-corrected chi connectivity index (χ3v) is 4.60. The lowest BCUT2D eigenvalue weighted by molar-refractivity contribution is 0.0715. The summed E-state index contributed by atoms with van der Waals surface area (Å²) < 4.78 is 1.62. The van der Waals surface area contributed by atoms with Gasteiger partial charge in [0.2, 0.25) is 5.82 Å². The Kier molecular flexibility index (Phi) is 3.91. The zero-order valence-electron chi connectivity index (χ0n) is 13.0. The van der Waals surface area contributed by atoms with Gasteiger partial charge in [0.25, 0.3) is 5.91 Å². The summed E-state index contributed by atoms with van der Waals surface area (Å²) >= 11 is 6.20. The molecule has 3 rings (SSSR count). The van der Waals surface area contributed by atoms with Crippen molar-refractivity contribution in [1.82, 2.24) is 19.7 Å². The molecule has 1 atom stereocenters. The van der Waals surface area contributed by atoms with Crippen molar-refractivity contribution >= 4 is 17.5 Å². The Morgan fingerprint density at radius 1 is 1.41 bits per heavy atom. The van der Waals surface area contributed by atoms with Gasteiger partial charge in [-0.2, -0.15) is 0 Å². The van der Waals surface area contributed by atoms with Crippen LogP contribution in [0.1, 0.15) is 36.2 Å². The highest BCUT2D eigenvalue weighted by Crippen LogP contribution is 2.35. The van der Waals surface area contributed by atoms with E-state index in [0.29, 0.717) is 16.8 Å². The highest BCUT2D eigenvalue weighted by atomic mass is 35.5. The summed E-state index contributed by atoms with van der Waals surface area (Å²) in [6.07, 6.45) is 2.39. The van der Waals surface area contributed by atoms with Gasteiger partial charge in [0.15, 0.2) is 0 Å². The lowest BCUT2D eigenvalue weighted by Crippen LogP contribution is -2.37. The second kappa shape index (κ2) is 5.72. The maximum Gasteiger partial charge on any atom is 0.293 e. The van der Waals surface area contributed by atoms with Gasteiger partial charge in [-0.05, 0) is 44.7 Å². The summed E-state index contributed by atoms with van der Waals surface area (Å²) in [5, 5.41) is 4.93. The molecule has 2 aromatic rings. The summed E-state index contributed by atoms with van der Waals surface area (Å²) in [5.74, 6) is 1.32. The lowest BCUT2D eigenvalue weighted by Gasteiger charge is -2.23. The molecular formula is C16H19ClN4O. The van der Waals surface area contributed by atoms with Gasteiger partial charge in [-0.25, -0.2) is 9.67 Å². The minimum atomic E-state index is -0.145. The number of hydrogen-bond donors (Lipinski definition) is 0. The first-order chi connectivity index (χ1) is 10.5. The second-order valence-corrected chi connectivity index (χ2v) is 6.25. The number of carbonyl (C=O) groups excluding carboxylic acids is 1. The molecule has 6 heteroatoms. The van der Waals surface area contributed by atoms with E-state index in [9.17, 15) is 4.79 Å². The predicted molar refractivity (Wildman–Crippen MR) is 85.4 cm³/mol. The lowest BCUT2D eigenvalue weighted by atomic mass is 10.2. The largest absolute Gasteiger partial charge is 0.336 e. The first kappa shape index (κ1) is 15.0. The van der Waals surface area contributed by atoms with Crippen molar-refractivity contribution in [2.45, 2.75) is 32.7 Å². The zero-order valence-corrected chi connectivity index (χ0v) is 13.7. The quantitative estimate of drug-likeness (QED) is 0.870. The van der Waals surface area contributed by atoms with Crippen molar-refractivity contribution in [2.75, 3.05) is 7.05 Å². The van der Waals surface area contributed by atoms with Crippen LogP contribution in [0, 0.1) is 12.8 Å². The van der Waals surface area contributed by atoms with Crippen LogP contribution in [0.4, 0.5) is 0 Å². The molecule has 1 aliphatic rings. The Bertz CT molecular complexity index is 708. The standard InChI is InChI=1S/C16H19ClN4O/c1-10(12-8-9-12)20(3)16(22)15-18-11(2)21(19-15)14-7-5-4-6-13(14)17/h4-7,10,12H,8-9H2,1-3H3/t10-/m1/s1. The predicted octanol–water partition coefficient (Wildman–Crippen LogP) is 3.10. The highest BCUT2D eigenvalue weighted by Gasteiger charge is 2.34. The molecule has 0 aliphatic heterocycles. The molecular weight excluding hydrogens is 300 g/mol. The van der Waals surface area contributed by atoms with Crippen LogP contribution in [0.5, 0.6) is 0 Å². The minimum absolute atomic E-state index is 0.145. The summed E-state index contributed by atoms with van der Waals surface area (Å²) in [4.78, 5) is 18.6. The van der Waals surface area contributed by atoms with Gasteiger partial charge in [0.1, 0.15) is 5.82 Å². The van der Waals surface area contributed by atoms with Gasteiger partial charge in [0.05, 0.1) is 10.7 Å². The van der Waals surface area contributed by atoms with E-state index >= 15 is 0 Å². The minimum Gasteiger partial charge on any atom is -0.336 e. The fourth-order valence-corrected chi connectivity index (χ4v) is 2.79. The highest BCUT2D eigenvalue weighted by molar-refractivity contribution is 6.32. The van der Waals surface area contributed by atoms with Gasteiger partial charge in [-0.15, -0.1) is 5.10 Å². The van der Waals surface area contributed by atoms with Gasteiger partial charge in [-0.1, -0.05) is 23.7 Å². The molecule has 1 amide bonds. The molecule has 22 heavy (non-hydrogen) atoms. The Balaban J connectivity index is 1.89. The number of aryl methyl sites for hydroxylation is 1. The van der Waals surface area contributed by atoms with E-state index in [4.69, 9.17) is 11.6 Å². The van der Waals surface area contributed by atoms with Crippen molar-refractivity contribution in [1.29, 1.82) is 0 Å². The van der Waals surface area contributed by atoms with E-state index in [1.165, 1.54) is 12.8 Å². The molecule has 1 fully saturated rings. The van der Waals surface area contributed by atoms with Crippen molar-refractivity contribution < 1.29 is 4.79 Å². The number of aromatic nitrogens is 3. The van der Waals surface area contributed by atoms with Crippen LogP contribution >= 0.6 is 11.6 Å². The molecule has 116 valence electrons. The van der Waals surface area contributed by atoms with E-state index in [1.807, 2.05) is 32.2 Å². The van der Waals surface area contributed by atoms with Crippen LogP contribution in [-0.2, 0) is 0 Å². The molecule has 1 saturated carbocycles. The third-order valence-electron chi connectivity index (χ3n) is 4.28. The molecule has 0 N–H and O–H groups in total. The number of carbonyl (C=O) groups is 1. The molecule has 5 nitrogen and oxygen atoms in total. The van der Waals surface area contributed by atoms with Crippen molar-refractivity contribution in [3.63, 3.8) is 0 Å². The van der Waals surface area contributed by atoms with E-state index in [0.717, 1.165) is 5.69 Å². The van der Waals surface area contributed by atoms with Crippen molar-refractivity contribution in [3.05, 3.63) is 40.9 Å². The van der Waals surface area contributed by atoms with Crippen LogP contribution in [-0.4, -0.2) is 38.7 Å². The normalized spacial score (nSPS) is 15.6. The molecule has 0 radical (unpaired) electrons. The zero-order chi connectivity index (χ0) is 15.9. The van der Waals surface area contributed by atoms with E-state index in [2.05, 4.69) is 17.0 Å². The SMILES string of the molecule is Cc1nc(C(=O)N(C)[C@H](C)C2CC2)nn1-c1ccccc1Cl. The number of amides is 1. The average molecular weight is 319 g/mol. The van der Waals surface area contributed by atoms with E-state index < -0.39 is 0 Å². The monoisotopic (exact) mass is 318 g/mol. The Morgan fingerprint density at radius 2 is 2.09 bits per heavy atom. The molecule has 1 heterocycles. The number of nitrogens with zero attached hydrogens (tertiary/aromatic N) is 4. The third kappa shape index (κ3) is 2.73. The number of hydrogen-bond acceptors (Lipinski definition) is 3. The maximum absolute atomic E-state index is 12.6. The smallest absolute Gasteiger partial charge is 0.293 e. The van der Waals surface area contributed by atoms with Gasteiger partial charge < -0.3 is 4.90 Å². The van der Waals surface area contributed by atoms with E-state index in [1.54, 1.807) is 15.6 Å². The first-order valence-electron chi connectivity index (χ1n) is 7.44. The first-order valence-corrected chi connectivity index (χ1v) is 7.82. The molecule has 1 aromatic heterocycles. The fourth-order valence-electron chi connectivity index (χ4n) is 2.57. The van der Waals surface area contributed by atoms with Crippen LogP contribution in [0.15, 0.2) is 24.3 Å². The van der Waals surface area contributed by atoms with Crippen LogP contribution < -0.4 is 0 Å². The summed E-state index contributed by atoms with van der Waals surface area (Å²) in [5.41, 5.74) is 0.728. The number of rotatable bonds is 4. The Hall–Kier alpha value is -1.88. The van der Waals surface area contributed by atoms with E-state index in [-0.39, 0.29) is 17.8 Å². The topological polar surface area (TPSA) is 51.0 Å². The molecule has 0 saturated heterocycles. The van der Waals surface area contributed by atoms with Crippen molar-refractivity contribution in [3.8, 4) is 5.69 Å². The Morgan fingerprint density at radius 3 is 2.73 bits per heavy atom. The molecule has 1 aromatic carbocycles.